The number of pyridine rings is 1. The molecule has 1 N–H and O–H groups in total. The Morgan fingerprint density at radius 3 is 2.61 bits per heavy atom. The van der Waals surface area contributed by atoms with Crippen LogP contribution in [-0.2, 0) is 13.2 Å². The molecule has 4 heteroatoms. The summed E-state index contributed by atoms with van der Waals surface area (Å²) in [7, 11) is 1.96. The van der Waals surface area contributed by atoms with Crippen molar-refractivity contribution in [2.45, 2.75) is 13.2 Å². The van der Waals surface area contributed by atoms with Crippen LogP contribution in [0.25, 0.3) is 0 Å². The molecule has 94 valence electrons. The van der Waals surface area contributed by atoms with Crippen molar-refractivity contribution in [2.75, 3.05) is 11.9 Å². The maximum atomic E-state index is 8.97. The van der Waals surface area contributed by atoms with E-state index in [0.29, 0.717) is 6.54 Å². The molecule has 0 amide bonds. The Morgan fingerprint density at radius 2 is 2.00 bits per heavy atom. The summed E-state index contributed by atoms with van der Waals surface area (Å²) in [5.41, 5.74) is 1.87. The molecule has 1 aromatic carbocycles. The van der Waals surface area contributed by atoms with E-state index < -0.39 is 0 Å². The molecule has 0 aliphatic rings. The number of aliphatic hydroxyl groups excluding tert-OH is 1. The van der Waals surface area contributed by atoms with E-state index in [9.17, 15) is 0 Å². The third-order valence-corrected chi connectivity index (χ3v) is 3.12. The van der Waals surface area contributed by atoms with Gasteiger partial charge in [0.1, 0.15) is 5.82 Å². The molecule has 0 saturated carbocycles. The fourth-order valence-electron chi connectivity index (χ4n) is 1.70. The number of aliphatic hydroxyl groups is 1. The first kappa shape index (κ1) is 12.9. The molecule has 3 nitrogen and oxygen atoms in total. The average Bonchev–Trinajstić information content (AvgIpc) is 2.41. The number of nitrogens with zero attached hydrogens (tertiary/aromatic N) is 2. The van der Waals surface area contributed by atoms with Gasteiger partial charge < -0.3 is 10.0 Å². The lowest BCUT2D eigenvalue weighted by molar-refractivity contribution is 0.281. The molecular formula is C14H15ClN2O. The number of aromatic nitrogens is 1. The normalized spacial score (nSPS) is 10.4. The summed E-state index contributed by atoms with van der Waals surface area (Å²) >= 11 is 6.12. The molecule has 2 aromatic rings. The second kappa shape index (κ2) is 5.85. The predicted molar refractivity (Wildman–Crippen MR) is 73.7 cm³/mol. The Bertz CT molecular complexity index is 513. The van der Waals surface area contributed by atoms with E-state index in [1.807, 2.05) is 48.3 Å². The van der Waals surface area contributed by atoms with Crippen LogP contribution in [0.4, 0.5) is 5.82 Å². The van der Waals surface area contributed by atoms with Crippen LogP contribution in [0, 0.1) is 0 Å². The fourth-order valence-corrected chi connectivity index (χ4v) is 1.89. The van der Waals surface area contributed by atoms with Crippen LogP contribution < -0.4 is 4.90 Å². The smallest absolute Gasteiger partial charge is 0.128 e. The molecule has 1 aromatic heterocycles. The van der Waals surface area contributed by atoms with Crippen LogP contribution in [0.15, 0.2) is 42.6 Å². The van der Waals surface area contributed by atoms with Crippen molar-refractivity contribution in [3.8, 4) is 0 Å². The Morgan fingerprint density at radius 1 is 1.22 bits per heavy atom. The van der Waals surface area contributed by atoms with E-state index in [2.05, 4.69) is 4.98 Å². The van der Waals surface area contributed by atoms with Crippen LogP contribution in [0.1, 0.15) is 11.1 Å². The van der Waals surface area contributed by atoms with Gasteiger partial charge in [-0.1, -0.05) is 35.9 Å². The summed E-state index contributed by atoms with van der Waals surface area (Å²) in [4.78, 5) is 6.31. The molecular weight excluding hydrogens is 248 g/mol. The number of halogens is 1. The number of hydrogen-bond acceptors (Lipinski definition) is 3. The highest BCUT2D eigenvalue weighted by molar-refractivity contribution is 6.31. The van der Waals surface area contributed by atoms with E-state index in [0.717, 1.165) is 22.0 Å². The van der Waals surface area contributed by atoms with Crippen LogP contribution in [0.3, 0.4) is 0 Å². The van der Waals surface area contributed by atoms with Gasteiger partial charge in [0, 0.05) is 24.8 Å². The monoisotopic (exact) mass is 262 g/mol. The maximum Gasteiger partial charge on any atom is 0.128 e. The minimum atomic E-state index is 0.0154. The summed E-state index contributed by atoms with van der Waals surface area (Å²) in [5.74, 6) is 0.854. The van der Waals surface area contributed by atoms with Gasteiger partial charge in [-0.25, -0.2) is 4.98 Å². The van der Waals surface area contributed by atoms with Crippen LogP contribution in [-0.4, -0.2) is 17.1 Å². The van der Waals surface area contributed by atoms with Crippen LogP contribution in [0.2, 0.25) is 5.02 Å². The molecule has 0 aliphatic heterocycles. The summed E-state index contributed by atoms with van der Waals surface area (Å²) < 4.78 is 0. The molecule has 0 radical (unpaired) electrons. The van der Waals surface area contributed by atoms with Gasteiger partial charge >= 0.3 is 0 Å². The predicted octanol–water partition coefficient (Wildman–Crippen LogP) is 2.86. The molecule has 0 bridgehead atoms. The Balaban J connectivity index is 2.11. The largest absolute Gasteiger partial charge is 0.392 e. The molecule has 0 aliphatic carbocycles. The second-order valence-corrected chi connectivity index (χ2v) is 4.54. The lowest BCUT2D eigenvalue weighted by atomic mass is 10.2. The molecule has 0 spiro atoms. The van der Waals surface area contributed by atoms with Crippen molar-refractivity contribution in [3.63, 3.8) is 0 Å². The maximum absolute atomic E-state index is 8.97. The molecule has 1 heterocycles. The van der Waals surface area contributed by atoms with Gasteiger partial charge in [0.15, 0.2) is 0 Å². The SMILES string of the molecule is CN(Cc1ccccc1Cl)c1ccc(CO)cn1. The number of hydrogen-bond donors (Lipinski definition) is 1. The Kier molecular flexibility index (Phi) is 4.18. The molecule has 0 unspecified atom stereocenters. The second-order valence-electron chi connectivity index (χ2n) is 4.13. The van der Waals surface area contributed by atoms with Crippen molar-refractivity contribution in [1.82, 2.24) is 4.98 Å². The van der Waals surface area contributed by atoms with Gasteiger partial charge in [-0.2, -0.15) is 0 Å². The van der Waals surface area contributed by atoms with E-state index in [4.69, 9.17) is 16.7 Å². The minimum absolute atomic E-state index is 0.0154. The summed E-state index contributed by atoms with van der Waals surface area (Å²) in [5, 5.41) is 9.73. The minimum Gasteiger partial charge on any atom is -0.392 e. The summed E-state index contributed by atoms with van der Waals surface area (Å²) in [6, 6.07) is 11.5. The zero-order chi connectivity index (χ0) is 13.0. The quantitative estimate of drug-likeness (QED) is 0.921. The van der Waals surface area contributed by atoms with Gasteiger partial charge in [0.05, 0.1) is 6.61 Å². The lowest BCUT2D eigenvalue weighted by Gasteiger charge is -2.19. The average molecular weight is 263 g/mol. The molecule has 0 atom stereocenters. The molecule has 0 fully saturated rings. The lowest BCUT2D eigenvalue weighted by Crippen LogP contribution is -2.17. The highest BCUT2D eigenvalue weighted by atomic mass is 35.5. The fraction of sp³-hybridized carbons (Fsp3) is 0.214. The molecule has 2 rings (SSSR count). The van der Waals surface area contributed by atoms with E-state index in [1.165, 1.54) is 0 Å². The summed E-state index contributed by atoms with van der Waals surface area (Å²) in [6.45, 7) is 0.715. The van der Waals surface area contributed by atoms with Gasteiger partial charge in [0.25, 0.3) is 0 Å². The van der Waals surface area contributed by atoms with Crippen molar-refractivity contribution >= 4 is 17.4 Å². The zero-order valence-electron chi connectivity index (χ0n) is 10.2. The summed E-state index contributed by atoms with van der Waals surface area (Å²) in [6.07, 6.45) is 1.68. The van der Waals surface area contributed by atoms with E-state index in [1.54, 1.807) is 6.20 Å². The topological polar surface area (TPSA) is 36.4 Å². The third kappa shape index (κ3) is 3.00. The highest BCUT2D eigenvalue weighted by Crippen LogP contribution is 2.19. The van der Waals surface area contributed by atoms with Crippen LogP contribution in [0.5, 0.6) is 0 Å². The van der Waals surface area contributed by atoms with E-state index in [-0.39, 0.29) is 6.61 Å². The van der Waals surface area contributed by atoms with Gasteiger partial charge in [-0.05, 0) is 23.3 Å². The molecule has 0 saturated heterocycles. The van der Waals surface area contributed by atoms with E-state index >= 15 is 0 Å². The van der Waals surface area contributed by atoms with Crippen molar-refractivity contribution in [3.05, 3.63) is 58.7 Å². The molecule has 18 heavy (non-hydrogen) atoms. The highest BCUT2D eigenvalue weighted by Gasteiger charge is 2.06. The zero-order valence-corrected chi connectivity index (χ0v) is 10.9. The number of benzene rings is 1. The van der Waals surface area contributed by atoms with Crippen molar-refractivity contribution < 1.29 is 5.11 Å². The Hall–Kier alpha value is -1.58. The van der Waals surface area contributed by atoms with Crippen molar-refractivity contribution in [2.24, 2.45) is 0 Å². The first-order valence-electron chi connectivity index (χ1n) is 5.71. The number of anilines is 1. The first-order chi connectivity index (χ1) is 8.70. The standard InChI is InChI=1S/C14H15ClN2O/c1-17(9-12-4-2-3-5-13(12)15)14-7-6-11(10-18)8-16-14/h2-8,18H,9-10H2,1H3. The third-order valence-electron chi connectivity index (χ3n) is 2.75. The first-order valence-corrected chi connectivity index (χ1v) is 6.09. The Labute approximate surface area is 112 Å². The van der Waals surface area contributed by atoms with Gasteiger partial charge in [0.2, 0.25) is 0 Å². The van der Waals surface area contributed by atoms with Gasteiger partial charge in [-0.3, -0.25) is 0 Å². The number of rotatable bonds is 4. The van der Waals surface area contributed by atoms with Gasteiger partial charge in [-0.15, -0.1) is 0 Å². The van der Waals surface area contributed by atoms with Crippen LogP contribution >= 0.6 is 11.6 Å². The van der Waals surface area contributed by atoms with Crippen molar-refractivity contribution in [1.29, 1.82) is 0 Å².